The summed E-state index contributed by atoms with van der Waals surface area (Å²) in [4.78, 5) is 11.6. The Balaban J connectivity index is 1.84. The van der Waals surface area contributed by atoms with Gasteiger partial charge >= 0.3 is 0 Å². The lowest BCUT2D eigenvalue weighted by Gasteiger charge is -2.01. The van der Waals surface area contributed by atoms with Crippen molar-refractivity contribution in [3.8, 4) is 0 Å². The van der Waals surface area contributed by atoms with Crippen molar-refractivity contribution >= 4 is 23.5 Å². The van der Waals surface area contributed by atoms with Gasteiger partial charge in [-0.05, 0) is 29.0 Å². The quantitative estimate of drug-likeness (QED) is 0.649. The number of hydrogen-bond donors (Lipinski definition) is 1. The molecule has 17 heavy (non-hydrogen) atoms. The second-order valence-electron chi connectivity index (χ2n) is 3.64. The average Bonchev–Trinajstić information content (AvgIpc) is 2.92. The summed E-state index contributed by atoms with van der Waals surface area (Å²) in [6.45, 7) is 0. The zero-order chi connectivity index (χ0) is 12.1. The monoisotopic (exact) mass is 247 g/mol. The Bertz CT molecular complexity index is 514. The van der Waals surface area contributed by atoms with Crippen LogP contribution < -0.4 is 5.43 Å². The highest BCUT2D eigenvalue weighted by atomic mass is 32.1. The molecular weight excluding hydrogens is 234 g/mol. The third-order valence-corrected chi connectivity index (χ3v) is 3.04. The largest absolute Gasteiger partial charge is 0.354 e. The summed E-state index contributed by atoms with van der Waals surface area (Å²) in [6, 6.07) is 5.77. The molecular formula is C12H13N3OS. The molecule has 0 radical (unpaired) electrons. The molecule has 0 saturated carbocycles. The van der Waals surface area contributed by atoms with E-state index in [4.69, 9.17) is 0 Å². The first kappa shape index (κ1) is 11.6. The highest BCUT2D eigenvalue weighted by molar-refractivity contribution is 7.08. The minimum absolute atomic E-state index is 0.113. The number of aryl methyl sites for hydroxylation is 1. The molecule has 0 aliphatic heterocycles. The van der Waals surface area contributed by atoms with Crippen LogP contribution in [-0.4, -0.2) is 16.7 Å². The maximum atomic E-state index is 11.6. The second kappa shape index (κ2) is 5.45. The molecule has 0 bridgehead atoms. The molecule has 0 aliphatic rings. The van der Waals surface area contributed by atoms with Crippen molar-refractivity contribution in [2.45, 2.75) is 6.42 Å². The first-order valence-electron chi connectivity index (χ1n) is 5.20. The van der Waals surface area contributed by atoms with Gasteiger partial charge in [0.1, 0.15) is 0 Å². The van der Waals surface area contributed by atoms with Crippen LogP contribution in [0.5, 0.6) is 0 Å². The molecule has 0 aromatic carbocycles. The molecule has 2 aromatic rings. The molecule has 0 unspecified atom stereocenters. The van der Waals surface area contributed by atoms with Crippen LogP contribution in [-0.2, 0) is 18.3 Å². The number of nitrogens with one attached hydrogen (secondary N) is 1. The van der Waals surface area contributed by atoms with E-state index in [1.807, 2.05) is 46.8 Å². The highest BCUT2D eigenvalue weighted by Gasteiger charge is 2.04. The van der Waals surface area contributed by atoms with E-state index in [9.17, 15) is 4.79 Å². The summed E-state index contributed by atoms with van der Waals surface area (Å²) in [7, 11) is 1.91. The van der Waals surface area contributed by atoms with E-state index in [-0.39, 0.29) is 5.91 Å². The number of carbonyl (C=O) groups excluding carboxylic acids is 1. The van der Waals surface area contributed by atoms with Gasteiger partial charge in [-0.25, -0.2) is 5.43 Å². The molecule has 0 atom stereocenters. The van der Waals surface area contributed by atoms with E-state index in [0.717, 1.165) is 11.3 Å². The Morgan fingerprint density at radius 1 is 1.59 bits per heavy atom. The lowest BCUT2D eigenvalue weighted by Crippen LogP contribution is -2.20. The van der Waals surface area contributed by atoms with Crippen molar-refractivity contribution in [2.24, 2.45) is 12.1 Å². The van der Waals surface area contributed by atoms with E-state index in [2.05, 4.69) is 10.5 Å². The zero-order valence-corrected chi connectivity index (χ0v) is 10.3. The molecule has 1 amide bonds. The maximum Gasteiger partial charge on any atom is 0.245 e. The number of rotatable bonds is 4. The highest BCUT2D eigenvalue weighted by Crippen LogP contribution is 2.02. The first-order valence-corrected chi connectivity index (χ1v) is 6.14. The van der Waals surface area contributed by atoms with Gasteiger partial charge in [-0.2, -0.15) is 16.4 Å². The molecule has 4 nitrogen and oxygen atoms in total. The van der Waals surface area contributed by atoms with Crippen molar-refractivity contribution in [2.75, 3.05) is 0 Å². The van der Waals surface area contributed by atoms with E-state index >= 15 is 0 Å². The molecule has 0 spiro atoms. The van der Waals surface area contributed by atoms with Crippen molar-refractivity contribution in [3.05, 3.63) is 46.4 Å². The number of aromatic nitrogens is 1. The van der Waals surface area contributed by atoms with Gasteiger partial charge in [0.05, 0.1) is 12.6 Å². The fraction of sp³-hybridized carbons (Fsp3) is 0.167. The Hall–Kier alpha value is -1.88. The SMILES string of the molecule is Cn1cccc1CC(=O)N/N=C/c1ccsc1. The Kier molecular flexibility index (Phi) is 3.72. The van der Waals surface area contributed by atoms with Gasteiger partial charge in [0, 0.05) is 24.5 Å². The van der Waals surface area contributed by atoms with Gasteiger partial charge < -0.3 is 4.57 Å². The van der Waals surface area contributed by atoms with Crippen LogP contribution in [0.1, 0.15) is 11.3 Å². The molecule has 2 heterocycles. The summed E-state index contributed by atoms with van der Waals surface area (Å²) < 4.78 is 1.92. The van der Waals surface area contributed by atoms with E-state index in [1.165, 1.54) is 0 Å². The number of thiophene rings is 1. The average molecular weight is 247 g/mol. The van der Waals surface area contributed by atoms with Gasteiger partial charge in [-0.3, -0.25) is 4.79 Å². The minimum Gasteiger partial charge on any atom is -0.354 e. The molecule has 0 saturated heterocycles. The van der Waals surface area contributed by atoms with E-state index in [0.29, 0.717) is 6.42 Å². The third-order valence-electron chi connectivity index (χ3n) is 2.34. The van der Waals surface area contributed by atoms with E-state index < -0.39 is 0 Å². The fourth-order valence-electron chi connectivity index (χ4n) is 1.41. The predicted octanol–water partition coefficient (Wildman–Crippen LogP) is 1.78. The lowest BCUT2D eigenvalue weighted by atomic mass is 10.3. The zero-order valence-electron chi connectivity index (χ0n) is 9.46. The Labute approximate surface area is 104 Å². The van der Waals surface area contributed by atoms with Gasteiger partial charge in [0.2, 0.25) is 5.91 Å². The normalized spacial score (nSPS) is 10.9. The fourth-order valence-corrected chi connectivity index (χ4v) is 2.02. The first-order chi connectivity index (χ1) is 8.25. The van der Waals surface area contributed by atoms with Crippen LogP contribution in [0, 0.1) is 0 Å². The third kappa shape index (κ3) is 3.29. The van der Waals surface area contributed by atoms with E-state index in [1.54, 1.807) is 17.6 Å². The Morgan fingerprint density at radius 3 is 3.12 bits per heavy atom. The number of hydrogen-bond acceptors (Lipinski definition) is 3. The van der Waals surface area contributed by atoms with Crippen LogP contribution >= 0.6 is 11.3 Å². The number of carbonyl (C=O) groups is 1. The number of amides is 1. The smallest absolute Gasteiger partial charge is 0.245 e. The second-order valence-corrected chi connectivity index (χ2v) is 4.42. The lowest BCUT2D eigenvalue weighted by molar-refractivity contribution is -0.120. The van der Waals surface area contributed by atoms with Gasteiger partial charge in [0.25, 0.3) is 0 Å². The molecule has 0 aliphatic carbocycles. The van der Waals surface area contributed by atoms with Crippen LogP contribution in [0.3, 0.4) is 0 Å². The molecule has 2 rings (SSSR count). The van der Waals surface area contributed by atoms with Crippen LogP contribution in [0.25, 0.3) is 0 Å². The van der Waals surface area contributed by atoms with Gasteiger partial charge in [-0.1, -0.05) is 0 Å². The summed E-state index contributed by atoms with van der Waals surface area (Å²) in [5.41, 5.74) is 4.47. The maximum absolute atomic E-state index is 11.6. The summed E-state index contributed by atoms with van der Waals surface area (Å²) in [5.74, 6) is -0.113. The molecule has 5 heteroatoms. The molecule has 0 fully saturated rings. The summed E-state index contributed by atoms with van der Waals surface area (Å²) in [6.07, 6.45) is 3.89. The topological polar surface area (TPSA) is 46.4 Å². The molecule has 1 N–H and O–H groups in total. The standard InChI is InChI=1S/C12H13N3OS/c1-15-5-2-3-11(15)7-12(16)14-13-8-10-4-6-17-9-10/h2-6,8-9H,7H2,1H3,(H,14,16)/b13-8+. The van der Waals surface area contributed by atoms with Crippen LogP contribution in [0.15, 0.2) is 40.3 Å². The summed E-state index contributed by atoms with van der Waals surface area (Å²) in [5, 5.41) is 7.83. The van der Waals surface area contributed by atoms with Gasteiger partial charge in [0.15, 0.2) is 0 Å². The number of nitrogens with zero attached hydrogens (tertiary/aromatic N) is 2. The van der Waals surface area contributed by atoms with Crippen molar-refractivity contribution in [3.63, 3.8) is 0 Å². The van der Waals surface area contributed by atoms with Crippen molar-refractivity contribution in [1.82, 2.24) is 9.99 Å². The van der Waals surface area contributed by atoms with Crippen molar-refractivity contribution in [1.29, 1.82) is 0 Å². The Morgan fingerprint density at radius 2 is 2.47 bits per heavy atom. The molecule has 2 aromatic heterocycles. The molecule has 88 valence electrons. The van der Waals surface area contributed by atoms with Crippen LogP contribution in [0.2, 0.25) is 0 Å². The summed E-state index contributed by atoms with van der Waals surface area (Å²) >= 11 is 1.60. The van der Waals surface area contributed by atoms with Crippen molar-refractivity contribution < 1.29 is 4.79 Å². The minimum atomic E-state index is -0.113. The van der Waals surface area contributed by atoms with Gasteiger partial charge in [-0.15, -0.1) is 0 Å². The number of hydrazone groups is 1. The van der Waals surface area contributed by atoms with Crippen LogP contribution in [0.4, 0.5) is 0 Å². The predicted molar refractivity (Wildman–Crippen MR) is 69.2 cm³/mol.